The van der Waals surface area contributed by atoms with Crippen LogP contribution >= 0.6 is 0 Å². The second-order valence-corrected chi connectivity index (χ2v) is 19.7. The summed E-state index contributed by atoms with van der Waals surface area (Å²) in [7, 11) is 0. The van der Waals surface area contributed by atoms with E-state index in [1.165, 1.54) is 45.6 Å². The summed E-state index contributed by atoms with van der Waals surface area (Å²) in [5, 5.41) is 0. The molecule has 6 aromatic rings. The first kappa shape index (κ1) is 45.1. The predicted molar refractivity (Wildman–Crippen MR) is 253 cm³/mol. The van der Waals surface area contributed by atoms with Crippen molar-refractivity contribution in [1.29, 1.82) is 0 Å². The van der Waals surface area contributed by atoms with Crippen molar-refractivity contribution in [2.75, 3.05) is 26.4 Å². The first-order chi connectivity index (χ1) is 30.9. The number of aromatic amines is 4. The topological polar surface area (TPSA) is 120 Å². The van der Waals surface area contributed by atoms with E-state index in [0.29, 0.717) is 26.4 Å². The van der Waals surface area contributed by atoms with Gasteiger partial charge in [-0.1, -0.05) is 0 Å². The summed E-state index contributed by atoms with van der Waals surface area (Å²) in [5.41, 5.74) is 11.1. The van der Waals surface area contributed by atoms with Gasteiger partial charge in [0.05, 0.1) is 26.4 Å². The minimum absolute atomic E-state index is 0.291. The average Bonchev–Trinajstić information content (AvgIpc) is 4.13. The molecule has 4 aromatic heterocycles. The number of nitrogens with one attached hydrogen (secondary N) is 4. The third-order valence-electron chi connectivity index (χ3n) is 14.9. The zero-order valence-electron chi connectivity index (χ0n) is 38.9. The van der Waals surface area contributed by atoms with Crippen molar-refractivity contribution in [1.82, 2.24) is 19.9 Å². The molecule has 64 heavy (non-hydrogen) atoms. The van der Waals surface area contributed by atoms with Gasteiger partial charge < -0.3 is 38.9 Å². The number of hydrogen-bond donors (Lipinski definition) is 4. The number of aryl methyl sites for hydroxylation is 2. The third-order valence-corrected chi connectivity index (χ3v) is 14.9. The number of rotatable bonds is 0. The predicted octanol–water partition coefficient (Wildman–Crippen LogP) is 12.7. The molecule has 0 fully saturated rings. The van der Waals surface area contributed by atoms with Crippen molar-refractivity contribution < 1.29 is 23.6 Å². The van der Waals surface area contributed by atoms with Crippen LogP contribution in [0.3, 0.4) is 0 Å². The summed E-state index contributed by atoms with van der Waals surface area (Å²) < 4.78 is 32.9. The van der Waals surface area contributed by atoms with E-state index in [2.05, 4.69) is 153 Å². The van der Waals surface area contributed by atoms with Crippen LogP contribution in [-0.2, 0) is 26.3 Å². The number of benzene rings is 2. The van der Waals surface area contributed by atoms with Crippen molar-refractivity contribution in [3.8, 4) is 23.0 Å². The minimum atomic E-state index is -0.291. The molecule has 0 amide bonds. The molecule has 0 radical (unpaired) electrons. The van der Waals surface area contributed by atoms with E-state index in [1.807, 2.05) is 0 Å². The van der Waals surface area contributed by atoms with Crippen molar-refractivity contribution in [3.05, 3.63) is 148 Å². The fourth-order valence-electron chi connectivity index (χ4n) is 10.7. The van der Waals surface area contributed by atoms with Gasteiger partial charge >= 0.3 is 11.3 Å². The van der Waals surface area contributed by atoms with Crippen LogP contribution in [0.4, 0.5) is 0 Å². The number of hydrogen-bond acceptors (Lipinski definition) is 4. The zero-order valence-corrected chi connectivity index (χ0v) is 38.9. The molecule has 3 aliphatic rings. The van der Waals surface area contributed by atoms with E-state index < -0.39 is 0 Å². The molecule has 0 unspecified atom stereocenters. The molecule has 338 valence electrons. The summed E-state index contributed by atoms with van der Waals surface area (Å²) in [6.07, 6.45) is 11.7. The Hall–Kier alpha value is -5.50. The molecule has 0 aliphatic carbocycles. The van der Waals surface area contributed by atoms with Crippen LogP contribution < -0.4 is 18.9 Å². The molecule has 2 aromatic carbocycles. The fraction of sp³-hybridized carbons (Fsp3) is 0.473. The number of ether oxygens (including phenoxy) is 4. The van der Waals surface area contributed by atoms with Crippen LogP contribution in [0.25, 0.3) is 0 Å². The molecular weight excluding hydrogens is 797 g/mol. The monoisotopic (exact) mass is 865 g/mol. The molecule has 4 N–H and O–H groups in total. The fourth-order valence-corrected chi connectivity index (χ4v) is 10.7. The summed E-state index contributed by atoms with van der Waals surface area (Å²) >= 11 is 0. The van der Waals surface area contributed by atoms with Gasteiger partial charge in [0.2, 0.25) is 0 Å². The zero-order chi connectivity index (χ0) is 45.0. The van der Waals surface area contributed by atoms with Crippen LogP contribution in [0.15, 0.2) is 84.9 Å². The molecule has 16 bridgehead atoms. The molecule has 9 rings (SSSR count). The molecule has 0 spiro atoms. The van der Waals surface area contributed by atoms with Gasteiger partial charge in [-0.15, -0.1) is 0 Å². The molecular formula is C55H68N4O5. The normalized spacial score (nSPS) is 25.5. The Bertz CT molecular complexity index is 2200. The Balaban J connectivity index is 0.00000276. The molecule has 0 saturated carbocycles. The maximum atomic E-state index is 7.50. The molecule has 9 heteroatoms. The van der Waals surface area contributed by atoms with Crippen molar-refractivity contribution in [2.24, 2.45) is 0 Å². The van der Waals surface area contributed by atoms with E-state index >= 15 is 0 Å². The van der Waals surface area contributed by atoms with E-state index in [4.69, 9.17) is 23.6 Å². The molecule has 7 heterocycles. The summed E-state index contributed by atoms with van der Waals surface area (Å²) in [4.78, 5) is 16.5. The van der Waals surface area contributed by atoms with Crippen LogP contribution in [0.2, 0.25) is 0 Å². The Morgan fingerprint density at radius 1 is 0.359 bits per heavy atom. The molecule has 0 saturated heterocycles. The van der Waals surface area contributed by atoms with Crippen molar-refractivity contribution in [3.63, 3.8) is 0 Å². The summed E-state index contributed by atoms with van der Waals surface area (Å²) in [6.45, 7) is 21.1. The van der Waals surface area contributed by atoms with E-state index in [-0.39, 0.29) is 21.7 Å². The Morgan fingerprint density at radius 3 is 0.766 bits per heavy atom. The van der Waals surface area contributed by atoms with Crippen molar-refractivity contribution in [2.45, 2.75) is 140 Å². The van der Waals surface area contributed by atoms with Gasteiger partial charge in [-0.25, -0.2) is 0 Å². The van der Waals surface area contributed by atoms with Crippen LogP contribution in [-0.4, -0.2) is 46.4 Å². The van der Waals surface area contributed by atoms with E-state index in [1.54, 1.807) is 0 Å². The number of aromatic nitrogens is 4. The first-order valence-corrected chi connectivity index (χ1v) is 23.7. The van der Waals surface area contributed by atoms with E-state index in [9.17, 15) is 0 Å². The Morgan fingerprint density at radius 2 is 0.562 bits per heavy atom. The van der Waals surface area contributed by atoms with Gasteiger partial charge in [0, 0.05) is 79.3 Å². The number of fused-ring (bicyclic) bond motifs is 12. The van der Waals surface area contributed by atoms with Gasteiger partial charge in [0.25, 0.3) is 0 Å². The van der Waals surface area contributed by atoms with Crippen LogP contribution in [0.5, 0.6) is 23.0 Å². The Kier molecular flexibility index (Phi) is 13.3. The summed E-state index contributed by atoms with van der Waals surface area (Å²) in [6, 6.07) is 31.5. The first-order valence-electron chi connectivity index (χ1n) is 23.7. The molecule has 9 nitrogen and oxygen atoms in total. The van der Waals surface area contributed by atoms with Crippen LogP contribution in [0, 0.1) is 20.5 Å². The molecule has 3 aliphatic heterocycles. The quantitative estimate of drug-likeness (QED) is 0.0898. The average molecular weight is 865 g/mol. The van der Waals surface area contributed by atoms with Crippen molar-refractivity contribution >= 4 is 0 Å². The second kappa shape index (κ2) is 18.9. The Labute approximate surface area is 380 Å². The van der Waals surface area contributed by atoms with Gasteiger partial charge in [-0.05, 0) is 203 Å². The van der Waals surface area contributed by atoms with Gasteiger partial charge in [-0.2, -0.15) is 0 Å². The maximum absolute atomic E-state index is 7.50. The molecule has 0 atom stereocenters. The summed E-state index contributed by atoms with van der Waals surface area (Å²) in [5.74, 6) is 3.54. The second-order valence-electron chi connectivity index (χ2n) is 19.7. The third kappa shape index (κ3) is 9.07. The standard InChI is InChI=1S/C54H68N4O4.CO/c1-37-31-39-35-40(32-37)60-28-12-8-24-52(4)44-16-15-43(55-44)51(3,23-7-11-27-59-39)47-19-21-49(57-47)53(5)25-9-13-29-61-41-33-38(2)34-42(36-41)62-30-14-10-26-54(6,46-18-17-45(53)56-46)50-22-20-48(52)58-50;1-2/h15-22,31-36,55-58H,7-14,23-30H2,1-6H3;/t51-,52+,53+,54-;. The van der Waals surface area contributed by atoms with Gasteiger partial charge in [-0.3, -0.25) is 0 Å². The van der Waals surface area contributed by atoms with Gasteiger partial charge in [0.1, 0.15) is 23.0 Å². The SMILES string of the molecule is Cc1cc2cc(c1)OCCCC[C@]1(C)c3ccc([nH]3)[C@](C)(CCCCO2)c2ccc([nH]2)[C@]2(C)CCCCOc3cc(C)cc(c3)OCCCC[C@](C)(c3ccc1[nH]3)c1ccc2[nH]1.[C-]#[O+]. The van der Waals surface area contributed by atoms with Gasteiger partial charge in [0.15, 0.2) is 0 Å². The number of H-pyrrole nitrogens is 4. The van der Waals surface area contributed by atoms with Crippen LogP contribution in [0.1, 0.15) is 161 Å². The van der Waals surface area contributed by atoms with E-state index in [0.717, 1.165) is 111 Å².